The number of ether oxygens (including phenoxy) is 2. The fourth-order valence-electron chi connectivity index (χ4n) is 3.75. The number of hydrogen-bond acceptors (Lipinski definition) is 7. The van der Waals surface area contributed by atoms with E-state index >= 15 is 0 Å². The Balaban J connectivity index is 2.00. The highest BCUT2D eigenvalue weighted by Gasteiger charge is 2.29. The SMILES string of the molecule is COC(=O)C[C@@H](c1cc2cc(OC)ccc2[nH]c1=O)c1c(O)nc2cc(C)ccn2c1=O. The highest BCUT2D eigenvalue weighted by molar-refractivity contribution is 5.81. The number of aromatic amines is 1. The monoisotopic (exact) mass is 435 g/mol. The smallest absolute Gasteiger partial charge is 0.306 e. The molecule has 0 aliphatic carbocycles. The Morgan fingerprint density at radius 3 is 2.69 bits per heavy atom. The molecule has 2 N–H and O–H groups in total. The third kappa shape index (κ3) is 3.68. The van der Waals surface area contributed by atoms with Crippen molar-refractivity contribution in [2.45, 2.75) is 19.3 Å². The standard InChI is InChI=1S/C23H21N3O6/c1-12-6-7-26-18(8-12)25-22(29)20(23(26)30)15(11-19(27)32-3)16-10-13-9-14(31-2)4-5-17(13)24-21(16)28/h4-10,15,29H,11H2,1-3H3,(H,24,28)/t15-/m0/s1. The van der Waals surface area contributed by atoms with Gasteiger partial charge in [-0.3, -0.25) is 18.8 Å². The first-order valence-corrected chi connectivity index (χ1v) is 9.82. The van der Waals surface area contributed by atoms with E-state index in [1.807, 2.05) is 6.92 Å². The summed E-state index contributed by atoms with van der Waals surface area (Å²) >= 11 is 0. The number of H-pyrrole nitrogens is 1. The second-order valence-electron chi connectivity index (χ2n) is 7.43. The van der Waals surface area contributed by atoms with Crippen molar-refractivity contribution in [2.75, 3.05) is 14.2 Å². The van der Waals surface area contributed by atoms with Crippen LogP contribution in [-0.2, 0) is 9.53 Å². The van der Waals surface area contributed by atoms with Crippen LogP contribution in [-0.4, -0.2) is 39.7 Å². The number of benzene rings is 1. The Hall–Kier alpha value is -4.14. The minimum Gasteiger partial charge on any atom is -0.497 e. The number of fused-ring (bicyclic) bond motifs is 2. The van der Waals surface area contributed by atoms with Crippen molar-refractivity contribution >= 4 is 22.5 Å². The topological polar surface area (TPSA) is 123 Å². The van der Waals surface area contributed by atoms with Gasteiger partial charge in [-0.1, -0.05) is 0 Å². The van der Waals surface area contributed by atoms with E-state index in [1.54, 1.807) is 36.4 Å². The maximum Gasteiger partial charge on any atom is 0.306 e. The van der Waals surface area contributed by atoms with Gasteiger partial charge in [0.2, 0.25) is 5.88 Å². The van der Waals surface area contributed by atoms with Crippen LogP contribution in [0.5, 0.6) is 11.6 Å². The van der Waals surface area contributed by atoms with Gasteiger partial charge in [0.25, 0.3) is 11.1 Å². The lowest BCUT2D eigenvalue weighted by Gasteiger charge is -2.17. The van der Waals surface area contributed by atoms with Gasteiger partial charge in [-0.15, -0.1) is 0 Å². The van der Waals surface area contributed by atoms with Crippen molar-refractivity contribution in [1.29, 1.82) is 0 Å². The first-order valence-electron chi connectivity index (χ1n) is 9.82. The Morgan fingerprint density at radius 2 is 1.97 bits per heavy atom. The van der Waals surface area contributed by atoms with Crippen LogP contribution in [0.15, 0.2) is 52.2 Å². The van der Waals surface area contributed by atoms with Crippen molar-refractivity contribution in [3.05, 3.63) is 80.0 Å². The fraction of sp³-hybridized carbons (Fsp3) is 0.217. The molecular formula is C23H21N3O6. The van der Waals surface area contributed by atoms with Crippen molar-refractivity contribution in [2.24, 2.45) is 0 Å². The van der Waals surface area contributed by atoms with E-state index in [4.69, 9.17) is 9.47 Å². The molecule has 0 amide bonds. The van der Waals surface area contributed by atoms with Gasteiger partial charge in [0.1, 0.15) is 11.4 Å². The Kier molecular flexibility index (Phi) is 5.40. The summed E-state index contributed by atoms with van der Waals surface area (Å²) < 4.78 is 11.3. The van der Waals surface area contributed by atoms with Crippen LogP contribution in [0, 0.1) is 6.92 Å². The van der Waals surface area contributed by atoms with E-state index in [1.165, 1.54) is 24.8 Å². The second-order valence-corrected chi connectivity index (χ2v) is 7.43. The van der Waals surface area contributed by atoms with E-state index in [2.05, 4.69) is 9.97 Å². The molecule has 9 heteroatoms. The summed E-state index contributed by atoms with van der Waals surface area (Å²) in [4.78, 5) is 45.4. The van der Waals surface area contributed by atoms with Crippen LogP contribution < -0.4 is 15.9 Å². The highest BCUT2D eigenvalue weighted by Crippen LogP contribution is 2.31. The van der Waals surface area contributed by atoms with Gasteiger partial charge in [0, 0.05) is 28.6 Å². The molecular weight excluding hydrogens is 414 g/mol. The van der Waals surface area contributed by atoms with Crippen molar-refractivity contribution < 1.29 is 19.4 Å². The predicted molar refractivity (Wildman–Crippen MR) is 117 cm³/mol. The second kappa shape index (κ2) is 8.18. The lowest BCUT2D eigenvalue weighted by atomic mass is 9.89. The first kappa shape index (κ1) is 21.1. The van der Waals surface area contributed by atoms with Gasteiger partial charge in [-0.05, 0) is 48.9 Å². The molecule has 9 nitrogen and oxygen atoms in total. The number of carbonyl (C=O) groups excluding carboxylic acids is 1. The molecule has 0 aliphatic heterocycles. The van der Waals surface area contributed by atoms with Gasteiger partial charge >= 0.3 is 5.97 Å². The molecule has 0 unspecified atom stereocenters. The molecule has 0 fully saturated rings. The third-order valence-electron chi connectivity index (χ3n) is 5.40. The van der Waals surface area contributed by atoms with E-state index in [-0.39, 0.29) is 23.2 Å². The van der Waals surface area contributed by atoms with Gasteiger partial charge in [-0.25, -0.2) is 0 Å². The molecule has 1 atom stereocenters. The van der Waals surface area contributed by atoms with Crippen molar-refractivity contribution in [3.63, 3.8) is 0 Å². The average molecular weight is 435 g/mol. The number of pyridine rings is 2. The minimum absolute atomic E-state index is 0.123. The molecule has 0 saturated heterocycles. The highest BCUT2D eigenvalue weighted by atomic mass is 16.5. The Morgan fingerprint density at radius 1 is 1.19 bits per heavy atom. The van der Waals surface area contributed by atoms with Crippen LogP contribution in [0.2, 0.25) is 0 Å². The number of rotatable bonds is 5. The number of hydrogen-bond donors (Lipinski definition) is 2. The molecule has 32 heavy (non-hydrogen) atoms. The van der Waals surface area contributed by atoms with Gasteiger partial charge < -0.3 is 19.6 Å². The molecule has 4 aromatic rings. The molecule has 4 rings (SSSR count). The largest absolute Gasteiger partial charge is 0.497 e. The summed E-state index contributed by atoms with van der Waals surface area (Å²) in [6, 6.07) is 10.1. The van der Waals surface area contributed by atoms with E-state index < -0.39 is 28.9 Å². The molecule has 3 aromatic heterocycles. The summed E-state index contributed by atoms with van der Waals surface area (Å²) in [7, 11) is 2.73. The van der Waals surface area contributed by atoms with Gasteiger partial charge in [0.05, 0.1) is 26.2 Å². The first-order chi connectivity index (χ1) is 15.3. The molecule has 0 saturated carbocycles. The number of aromatic nitrogens is 3. The van der Waals surface area contributed by atoms with Crippen LogP contribution in [0.4, 0.5) is 0 Å². The van der Waals surface area contributed by atoms with Crippen molar-refractivity contribution in [1.82, 2.24) is 14.4 Å². The zero-order valence-electron chi connectivity index (χ0n) is 17.7. The molecule has 164 valence electrons. The number of esters is 1. The van der Waals surface area contributed by atoms with E-state index in [0.717, 1.165) is 5.56 Å². The zero-order chi connectivity index (χ0) is 23.0. The van der Waals surface area contributed by atoms with E-state index in [0.29, 0.717) is 16.7 Å². The lowest BCUT2D eigenvalue weighted by Crippen LogP contribution is -2.27. The maximum absolute atomic E-state index is 13.3. The molecule has 0 spiro atoms. The average Bonchev–Trinajstić information content (AvgIpc) is 2.77. The van der Waals surface area contributed by atoms with Gasteiger partial charge in [-0.2, -0.15) is 4.98 Å². The Bertz CT molecular complexity index is 1470. The summed E-state index contributed by atoms with van der Waals surface area (Å²) in [6.45, 7) is 1.83. The van der Waals surface area contributed by atoms with Crippen LogP contribution in [0.1, 0.15) is 29.0 Å². The number of carbonyl (C=O) groups is 1. The van der Waals surface area contributed by atoms with Crippen LogP contribution >= 0.6 is 0 Å². The molecule has 3 heterocycles. The quantitative estimate of drug-likeness (QED) is 0.461. The fourth-order valence-corrected chi connectivity index (χ4v) is 3.75. The summed E-state index contributed by atoms with van der Waals surface area (Å²) in [6.07, 6.45) is 1.20. The third-order valence-corrected chi connectivity index (χ3v) is 5.40. The number of nitrogens with one attached hydrogen (secondary N) is 1. The van der Waals surface area contributed by atoms with E-state index in [9.17, 15) is 19.5 Å². The number of aromatic hydroxyl groups is 1. The van der Waals surface area contributed by atoms with Gasteiger partial charge in [0.15, 0.2) is 0 Å². The summed E-state index contributed by atoms with van der Waals surface area (Å²) in [5.74, 6) is -1.70. The molecule has 0 aliphatic rings. The molecule has 0 radical (unpaired) electrons. The summed E-state index contributed by atoms with van der Waals surface area (Å²) in [5.41, 5.74) is 0.558. The Labute approximate surface area is 181 Å². The van der Waals surface area contributed by atoms with Crippen LogP contribution in [0.25, 0.3) is 16.6 Å². The summed E-state index contributed by atoms with van der Waals surface area (Å²) in [5, 5.41) is 11.3. The predicted octanol–water partition coefficient (Wildman–Crippen LogP) is 2.25. The molecule has 0 bridgehead atoms. The number of nitrogens with zero attached hydrogens (tertiary/aromatic N) is 2. The normalized spacial score (nSPS) is 12.1. The lowest BCUT2D eigenvalue weighted by molar-refractivity contribution is -0.140. The zero-order valence-corrected chi connectivity index (χ0v) is 17.7. The van der Waals surface area contributed by atoms with Crippen molar-refractivity contribution in [3.8, 4) is 11.6 Å². The van der Waals surface area contributed by atoms with Crippen LogP contribution in [0.3, 0.4) is 0 Å². The molecule has 1 aromatic carbocycles. The number of aryl methyl sites for hydroxylation is 1. The minimum atomic E-state index is -1.08. The maximum atomic E-state index is 13.3. The number of methoxy groups -OCH3 is 2.